The van der Waals surface area contributed by atoms with Gasteiger partial charge in [-0.3, -0.25) is 0 Å². The molecule has 0 aliphatic rings. The highest BCUT2D eigenvalue weighted by Gasteiger charge is 2.25. The Labute approximate surface area is 135 Å². The Hall–Kier alpha value is -2.47. The Morgan fingerprint density at radius 3 is 2.17 bits per heavy atom. The molecule has 7 heteroatoms. The topological polar surface area (TPSA) is 35.8 Å². The van der Waals surface area contributed by atoms with Gasteiger partial charge >= 0.3 is 6.18 Å². The predicted octanol–water partition coefficient (Wildman–Crippen LogP) is 5.07. The van der Waals surface area contributed by atoms with Crippen LogP contribution >= 0.6 is 11.6 Å². The molecule has 23 heavy (non-hydrogen) atoms. The number of phenols is 1. The van der Waals surface area contributed by atoms with Gasteiger partial charge in [-0.15, -0.1) is 0 Å². The Morgan fingerprint density at radius 2 is 1.65 bits per heavy atom. The fraction of sp³-hybridized carbons (Fsp3) is 0.0625. The van der Waals surface area contributed by atoms with Crippen molar-refractivity contribution in [3.05, 3.63) is 65.7 Å². The van der Waals surface area contributed by atoms with Crippen LogP contribution in [0, 0.1) is 0 Å². The summed E-state index contributed by atoms with van der Waals surface area (Å²) in [6, 6.07) is 12.0. The molecule has 0 heterocycles. The van der Waals surface area contributed by atoms with Crippen molar-refractivity contribution in [1.29, 1.82) is 0 Å². The average molecular weight is 341 g/mol. The molecule has 2 aromatic rings. The molecule has 1 N–H and O–H groups in total. The first-order valence-electron chi connectivity index (χ1n) is 6.42. The third-order valence-corrected chi connectivity index (χ3v) is 3.10. The highest BCUT2D eigenvalue weighted by Crippen LogP contribution is 2.28. The molecule has 0 aliphatic carbocycles. The quantitative estimate of drug-likeness (QED) is 0.623. The van der Waals surface area contributed by atoms with Crippen LogP contribution in [0.15, 0.2) is 60.2 Å². The average Bonchev–Trinajstić information content (AvgIpc) is 2.48. The molecule has 0 saturated heterocycles. The minimum Gasteiger partial charge on any atom is -0.508 e. The largest absolute Gasteiger partial charge is 0.508 e. The van der Waals surface area contributed by atoms with Crippen LogP contribution in [0.5, 0.6) is 5.75 Å². The molecule has 0 radical (unpaired) electrons. The van der Waals surface area contributed by atoms with E-state index < -0.39 is 6.18 Å². The van der Waals surface area contributed by atoms with E-state index in [0.717, 1.165) is 5.01 Å². The van der Waals surface area contributed by atoms with E-state index in [1.807, 2.05) is 0 Å². The molecular formula is C16H12ClF3N2O. The molecule has 120 valence electrons. The van der Waals surface area contributed by atoms with Crippen LogP contribution < -0.4 is 5.01 Å². The maximum Gasteiger partial charge on any atom is 0.428 e. The summed E-state index contributed by atoms with van der Waals surface area (Å²) < 4.78 is 37.4. The third-order valence-electron chi connectivity index (χ3n) is 2.85. The number of alkyl halides is 3. The number of anilines is 1. The van der Waals surface area contributed by atoms with E-state index in [1.54, 1.807) is 0 Å². The molecular weight excluding hydrogens is 329 g/mol. The first-order chi connectivity index (χ1) is 10.8. The summed E-state index contributed by atoms with van der Waals surface area (Å²) in [5.74, 6) is 0.0402. The molecule has 0 fully saturated rings. The second-order valence-electron chi connectivity index (χ2n) is 4.57. The van der Waals surface area contributed by atoms with Gasteiger partial charge in [0, 0.05) is 5.02 Å². The maximum atomic E-state index is 12.5. The van der Waals surface area contributed by atoms with Crippen molar-refractivity contribution in [2.24, 2.45) is 5.10 Å². The molecule has 0 unspecified atom stereocenters. The van der Waals surface area contributed by atoms with E-state index >= 15 is 0 Å². The lowest BCUT2D eigenvalue weighted by atomic mass is 10.1. The number of rotatable bonds is 4. The zero-order chi connectivity index (χ0) is 17.0. The van der Waals surface area contributed by atoms with Crippen molar-refractivity contribution in [2.45, 2.75) is 6.18 Å². The number of benzene rings is 2. The number of halogens is 4. The minimum atomic E-state index is -4.56. The number of nitrogens with zero attached hydrogens (tertiary/aromatic N) is 2. The van der Waals surface area contributed by atoms with Gasteiger partial charge in [-0.25, -0.2) is 5.01 Å². The summed E-state index contributed by atoms with van der Waals surface area (Å²) in [5.41, 5.74) is 1.10. The predicted molar refractivity (Wildman–Crippen MR) is 85.6 cm³/mol. The highest BCUT2D eigenvalue weighted by molar-refractivity contribution is 6.30. The Bertz CT molecular complexity index is 710. The van der Waals surface area contributed by atoms with Crippen molar-refractivity contribution in [2.75, 3.05) is 5.01 Å². The van der Waals surface area contributed by atoms with Gasteiger partial charge < -0.3 is 5.11 Å². The molecule has 0 amide bonds. The Kier molecular flexibility index (Phi) is 4.95. The summed E-state index contributed by atoms with van der Waals surface area (Å²) in [4.78, 5) is 0. The Morgan fingerprint density at radius 1 is 1.09 bits per heavy atom. The molecule has 2 rings (SSSR count). The highest BCUT2D eigenvalue weighted by atomic mass is 35.5. The normalized spacial score (nSPS) is 11.7. The van der Waals surface area contributed by atoms with Gasteiger partial charge in [-0.05, 0) is 54.1 Å². The second kappa shape index (κ2) is 6.75. The minimum absolute atomic E-state index is 0.0402. The zero-order valence-electron chi connectivity index (χ0n) is 11.8. The fourth-order valence-corrected chi connectivity index (χ4v) is 1.90. The van der Waals surface area contributed by atoms with Gasteiger partial charge in [0.1, 0.15) is 12.0 Å². The molecule has 0 aromatic heterocycles. The van der Waals surface area contributed by atoms with Crippen LogP contribution in [-0.4, -0.2) is 17.5 Å². The van der Waals surface area contributed by atoms with Crippen LogP contribution in [0.2, 0.25) is 5.02 Å². The van der Waals surface area contributed by atoms with Crippen LogP contribution in [-0.2, 0) is 0 Å². The molecule has 0 bridgehead atoms. The third kappa shape index (κ3) is 4.75. The van der Waals surface area contributed by atoms with Crippen LogP contribution in [0.3, 0.4) is 0 Å². The summed E-state index contributed by atoms with van der Waals surface area (Å²) >= 11 is 5.79. The number of hydrazone groups is 1. The fourth-order valence-electron chi connectivity index (χ4n) is 1.77. The molecule has 3 nitrogen and oxygen atoms in total. The van der Waals surface area contributed by atoms with Gasteiger partial charge in [0.2, 0.25) is 0 Å². The molecule has 0 aliphatic heterocycles. The summed E-state index contributed by atoms with van der Waals surface area (Å²) in [5, 5.41) is 14.3. The monoisotopic (exact) mass is 340 g/mol. The van der Waals surface area contributed by atoms with Crippen molar-refractivity contribution in [3.8, 4) is 5.75 Å². The molecule has 0 spiro atoms. The second-order valence-corrected chi connectivity index (χ2v) is 5.00. The summed E-state index contributed by atoms with van der Waals surface area (Å²) in [6.45, 7) is 3.78. The number of aromatic hydroxyl groups is 1. The van der Waals surface area contributed by atoms with Crippen molar-refractivity contribution in [1.82, 2.24) is 0 Å². The molecule has 0 atom stereocenters. The van der Waals surface area contributed by atoms with E-state index in [-0.39, 0.29) is 17.7 Å². The SMILES string of the molecule is C=C(c1ccc(O)cc1)N(/N=C/C(F)(F)F)c1ccc(Cl)cc1. The standard InChI is InChI=1S/C16H12ClF3N2O/c1-11(12-2-8-15(23)9-3-12)22(21-10-16(18,19)20)14-6-4-13(17)5-7-14/h2-10,23H,1H2/b21-10+. The van der Waals surface area contributed by atoms with E-state index in [0.29, 0.717) is 16.3 Å². The first kappa shape index (κ1) is 16.9. The van der Waals surface area contributed by atoms with E-state index in [4.69, 9.17) is 11.6 Å². The van der Waals surface area contributed by atoms with Gasteiger partial charge in [0.15, 0.2) is 0 Å². The first-order valence-corrected chi connectivity index (χ1v) is 6.80. The summed E-state index contributed by atoms with van der Waals surface area (Å²) in [6.07, 6.45) is -4.67. The van der Waals surface area contributed by atoms with Crippen molar-refractivity contribution in [3.63, 3.8) is 0 Å². The van der Waals surface area contributed by atoms with Crippen molar-refractivity contribution >= 4 is 29.2 Å². The lowest BCUT2D eigenvalue weighted by molar-refractivity contribution is -0.0537. The van der Waals surface area contributed by atoms with E-state index in [1.165, 1.54) is 48.5 Å². The number of hydrogen-bond acceptors (Lipinski definition) is 3. The smallest absolute Gasteiger partial charge is 0.428 e. The van der Waals surface area contributed by atoms with Crippen LogP contribution in [0.4, 0.5) is 18.9 Å². The zero-order valence-corrected chi connectivity index (χ0v) is 12.5. The molecule has 2 aromatic carbocycles. The summed E-state index contributed by atoms with van der Waals surface area (Å²) in [7, 11) is 0. The maximum absolute atomic E-state index is 12.5. The molecule has 0 saturated carbocycles. The van der Waals surface area contributed by atoms with Crippen molar-refractivity contribution < 1.29 is 18.3 Å². The lowest BCUT2D eigenvalue weighted by Gasteiger charge is -2.22. The van der Waals surface area contributed by atoms with E-state index in [9.17, 15) is 18.3 Å². The van der Waals surface area contributed by atoms with Gasteiger partial charge in [-0.1, -0.05) is 18.2 Å². The van der Waals surface area contributed by atoms with Gasteiger partial charge in [-0.2, -0.15) is 18.3 Å². The van der Waals surface area contributed by atoms with Crippen LogP contribution in [0.1, 0.15) is 5.56 Å². The van der Waals surface area contributed by atoms with Gasteiger partial charge in [0.05, 0.1) is 11.4 Å². The van der Waals surface area contributed by atoms with Crippen LogP contribution in [0.25, 0.3) is 5.70 Å². The van der Waals surface area contributed by atoms with Gasteiger partial charge in [0.25, 0.3) is 0 Å². The number of phenolic OH excluding ortho intramolecular Hbond substituents is 1. The van der Waals surface area contributed by atoms with E-state index in [2.05, 4.69) is 11.7 Å². The Balaban J connectivity index is 2.40. The lowest BCUT2D eigenvalue weighted by Crippen LogP contribution is -2.18. The number of hydrogen-bond donors (Lipinski definition) is 1.